The third-order valence-corrected chi connectivity index (χ3v) is 14.6. The molecule has 0 amide bonds. The van der Waals surface area contributed by atoms with E-state index in [0.717, 1.165) is 72.8 Å². The Bertz CT molecular complexity index is 4220. The number of ether oxygens (including phenoxy) is 1. The van der Waals surface area contributed by atoms with Crippen LogP contribution in [-0.2, 0) is 5.41 Å². The second-order valence-electron chi connectivity index (χ2n) is 17.9. The molecule has 0 N–H and O–H groups in total. The number of hydrogen-bond donors (Lipinski definition) is 0. The number of para-hydroxylation sites is 3. The minimum atomic E-state index is -0.686. The van der Waals surface area contributed by atoms with Gasteiger partial charge in [0.1, 0.15) is 22.7 Å². The SMILES string of the molecule is c1ccc2c(c1)Oc1ccc(N(c3ccc4c(c3)oc3ccccc34)c3ccc4c(c3)c3ccccc3n4-c3cccc4ccccc34)cc1C21c2ccccc2-c2cccc3cccc1c23. The molecule has 0 bridgehead atoms. The fourth-order valence-corrected chi connectivity index (χ4v) is 11.9. The maximum absolute atomic E-state index is 6.99. The van der Waals surface area contributed by atoms with Gasteiger partial charge in [-0.3, -0.25) is 0 Å². The van der Waals surface area contributed by atoms with Crippen LogP contribution in [0.2, 0.25) is 0 Å². The van der Waals surface area contributed by atoms with Gasteiger partial charge in [0, 0.05) is 61.2 Å². The van der Waals surface area contributed by atoms with E-state index < -0.39 is 5.41 Å². The molecule has 2 aliphatic rings. The lowest BCUT2D eigenvalue weighted by Gasteiger charge is -2.45. The highest BCUT2D eigenvalue weighted by molar-refractivity contribution is 6.13. The van der Waals surface area contributed by atoms with Gasteiger partial charge in [0.15, 0.2) is 0 Å². The number of benzene rings is 11. The Morgan fingerprint density at radius 2 is 0.970 bits per heavy atom. The van der Waals surface area contributed by atoms with E-state index in [1.165, 1.54) is 60.1 Å². The lowest BCUT2D eigenvalue weighted by Crippen LogP contribution is -2.36. The van der Waals surface area contributed by atoms with E-state index in [0.29, 0.717) is 0 Å². The summed E-state index contributed by atoms with van der Waals surface area (Å²) in [5.74, 6) is 1.71. The van der Waals surface area contributed by atoms with Crippen molar-refractivity contribution in [2.75, 3.05) is 4.90 Å². The van der Waals surface area contributed by atoms with Gasteiger partial charge in [-0.2, -0.15) is 0 Å². The zero-order chi connectivity index (χ0) is 43.8. The van der Waals surface area contributed by atoms with E-state index in [1.807, 2.05) is 12.1 Å². The van der Waals surface area contributed by atoms with Gasteiger partial charge < -0.3 is 18.6 Å². The van der Waals surface area contributed by atoms with Gasteiger partial charge in [0.2, 0.25) is 0 Å². The van der Waals surface area contributed by atoms with Gasteiger partial charge in [-0.05, 0) is 111 Å². The van der Waals surface area contributed by atoms with Crippen molar-refractivity contribution in [2.45, 2.75) is 5.41 Å². The lowest BCUT2D eigenvalue weighted by molar-refractivity contribution is 0.435. The van der Waals surface area contributed by atoms with Crippen molar-refractivity contribution in [1.82, 2.24) is 4.57 Å². The molecule has 312 valence electrons. The summed E-state index contributed by atoms with van der Waals surface area (Å²) in [5.41, 5.74) is 14.8. The van der Waals surface area contributed by atoms with Crippen LogP contribution in [0, 0.1) is 0 Å². The zero-order valence-corrected chi connectivity index (χ0v) is 36.2. The molecule has 2 aromatic heterocycles. The zero-order valence-electron chi connectivity index (χ0n) is 36.2. The number of rotatable bonds is 4. The first kappa shape index (κ1) is 36.5. The summed E-state index contributed by atoms with van der Waals surface area (Å²) in [6, 6.07) is 83.9. The summed E-state index contributed by atoms with van der Waals surface area (Å²) >= 11 is 0. The third kappa shape index (κ3) is 4.96. The molecule has 1 aliphatic heterocycles. The van der Waals surface area contributed by atoms with E-state index in [-0.39, 0.29) is 0 Å². The van der Waals surface area contributed by atoms with Gasteiger partial charge in [-0.25, -0.2) is 0 Å². The average molecular weight is 855 g/mol. The van der Waals surface area contributed by atoms with E-state index in [1.54, 1.807) is 0 Å². The van der Waals surface area contributed by atoms with Crippen LogP contribution in [0.25, 0.3) is 82.1 Å². The van der Waals surface area contributed by atoms with Gasteiger partial charge in [0.05, 0.1) is 22.1 Å². The van der Waals surface area contributed by atoms with Gasteiger partial charge in [-0.1, -0.05) is 152 Å². The topological polar surface area (TPSA) is 30.5 Å². The summed E-state index contributed by atoms with van der Waals surface area (Å²) < 4.78 is 16.0. The van der Waals surface area contributed by atoms with Crippen molar-refractivity contribution in [2.24, 2.45) is 0 Å². The van der Waals surface area contributed by atoms with Crippen LogP contribution in [0.1, 0.15) is 22.3 Å². The Labute approximate surface area is 385 Å². The molecule has 0 radical (unpaired) electrons. The van der Waals surface area contributed by atoms with Gasteiger partial charge in [0.25, 0.3) is 0 Å². The summed E-state index contributed by atoms with van der Waals surface area (Å²) in [5, 5.41) is 9.49. The van der Waals surface area contributed by atoms with E-state index in [2.05, 4.69) is 228 Å². The molecule has 4 heteroatoms. The fourth-order valence-electron chi connectivity index (χ4n) is 11.9. The summed E-state index contributed by atoms with van der Waals surface area (Å²) in [6.07, 6.45) is 0. The first-order valence-corrected chi connectivity index (χ1v) is 23.0. The second kappa shape index (κ2) is 13.6. The normalized spacial score (nSPS) is 14.7. The Hall–Kier alpha value is -8.86. The molecule has 1 spiro atoms. The van der Waals surface area contributed by atoms with Crippen LogP contribution in [-0.4, -0.2) is 4.57 Å². The monoisotopic (exact) mass is 854 g/mol. The first-order valence-electron chi connectivity index (χ1n) is 23.0. The molecular weight excluding hydrogens is 817 g/mol. The molecular formula is C63H38N2O2. The molecule has 1 unspecified atom stereocenters. The maximum Gasteiger partial charge on any atom is 0.137 e. The van der Waals surface area contributed by atoms with Crippen molar-refractivity contribution in [3.8, 4) is 28.3 Å². The van der Waals surface area contributed by atoms with Crippen LogP contribution in [0.5, 0.6) is 11.5 Å². The van der Waals surface area contributed by atoms with E-state index in [4.69, 9.17) is 9.15 Å². The number of hydrogen-bond acceptors (Lipinski definition) is 3. The molecule has 11 aromatic carbocycles. The smallest absolute Gasteiger partial charge is 0.137 e. The van der Waals surface area contributed by atoms with Crippen LogP contribution >= 0.6 is 0 Å². The lowest BCUT2D eigenvalue weighted by atomic mass is 9.58. The molecule has 4 nitrogen and oxygen atoms in total. The van der Waals surface area contributed by atoms with Gasteiger partial charge >= 0.3 is 0 Å². The highest BCUT2D eigenvalue weighted by Gasteiger charge is 2.49. The minimum absolute atomic E-state index is 0.686. The molecule has 0 fully saturated rings. The summed E-state index contributed by atoms with van der Waals surface area (Å²) in [7, 11) is 0. The molecule has 1 aliphatic carbocycles. The predicted molar refractivity (Wildman–Crippen MR) is 275 cm³/mol. The first-order chi connectivity index (χ1) is 33.2. The van der Waals surface area contributed by atoms with Crippen LogP contribution in [0.15, 0.2) is 235 Å². The Morgan fingerprint density at radius 1 is 0.358 bits per heavy atom. The molecule has 0 saturated carbocycles. The summed E-state index contributed by atoms with van der Waals surface area (Å²) in [4.78, 5) is 2.40. The highest BCUT2D eigenvalue weighted by Crippen LogP contribution is 2.62. The van der Waals surface area contributed by atoms with Crippen LogP contribution < -0.4 is 9.64 Å². The van der Waals surface area contributed by atoms with Gasteiger partial charge in [-0.15, -0.1) is 0 Å². The van der Waals surface area contributed by atoms with Crippen molar-refractivity contribution in [3.05, 3.63) is 253 Å². The van der Waals surface area contributed by atoms with Crippen molar-refractivity contribution >= 4 is 82.4 Å². The fraction of sp³-hybridized carbons (Fsp3) is 0.0159. The standard InChI is InChI=1S/C63H38N2O2/c1-2-18-44-39(14-1)15-13-27-55(44)65-56-26-8-4-20-46(56)50-36-41(31-34-57(50)65)64(43-30-33-48-47-21-5-9-28-58(47)66-61(48)38-43)42-32-35-60-54(37-42)63(52-24-7-10-29-59(52)67-60)51-23-6-3-19-45(51)49-22-11-16-40-17-12-25-53(63)62(40)49/h1-38H. The van der Waals surface area contributed by atoms with Crippen LogP contribution in [0.4, 0.5) is 17.1 Å². The Kier molecular flexibility index (Phi) is 7.40. The minimum Gasteiger partial charge on any atom is -0.457 e. The molecule has 3 heterocycles. The number of furan rings is 1. The third-order valence-electron chi connectivity index (χ3n) is 14.6. The second-order valence-corrected chi connectivity index (χ2v) is 17.9. The summed E-state index contributed by atoms with van der Waals surface area (Å²) in [6.45, 7) is 0. The molecule has 15 rings (SSSR count). The largest absolute Gasteiger partial charge is 0.457 e. The number of fused-ring (bicyclic) bond motifs is 15. The Balaban J connectivity index is 1.02. The number of anilines is 3. The molecule has 13 aromatic rings. The number of aromatic nitrogens is 1. The molecule has 67 heavy (non-hydrogen) atoms. The van der Waals surface area contributed by atoms with E-state index in [9.17, 15) is 0 Å². The number of nitrogens with zero attached hydrogens (tertiary/aromatic N) is 2. The average Bonchev–Trinajstić information content (AvgIpc) is 3.92. The predicted octanol–water partition coefficient (Wildman–Crippen LogP) is 16.9. The maximum atomic E-state index is 6.99. The van der Waals surface area contributed by atoms with Crippen molar-refractivity contribution in [3.63, 3.8) is 0 Å². The Morgan fingerprint density at radius 3 is 1.91 bits per heavy atom. The quantitative estimate of drug-likeness (QED) is 0.177. The van der Waals surface area contributed by atoms with Crippen LogP contribution in [0.3, 0.4) is 0 Å². The van der Waals surface area contributed by atoms with Crippen molar-refractivity contribution < 1.29 is 9.15 Å². The van der Waals surface area contributed by atoms with Crippen molar-refractivity contribution in [1.29, 1.82) is 0 Å². The molecule has 1 atom stereocenters. The highest BCUT2D eigenvalue weighted by atomic mass is 16.5. The van der Waals surface area contributed by atoms with E-state index >= 15 is 0 Å². The molecule has 0 saturated heterocycles.